The second kappa shape index (κ2) is 12.2. The fourth-order valence-electron chi connectivity index (χ4n) is 3.86. The predicted molar refractivity (Wildman–Crippen MR) is 126 cm³/mol. The van der Waals surface area contributed by atoms with Gasteiger partial charge >= 0.3 is 0 Å². The maximum Gasteiger partial charge on any atom is 0.225 e. The fraction of sp³-hybridized carbons (Fsp3) is 0.583. The quantitative estimate of drug-likeness (QED) is 0.550. The Morgan fingerprint density at radius 3 is 2.69 bits per heavy atom. The first-order valence-corrected chi connectivity index (χ1v) is 12.2. The molecule has 7 nitrogen and oxygen atoms in total. The summed E-state index contributed by atoms with van der Waals surface area (Å²) in [6.07, 6.45) is 3.80. The zero-order valence-corrected chi connectivity index (χ0v) is 20.2. The Morgan fingerprint density at radius 2 is 2.03 bits per heavy atom. The highest BCUT2D eigenvalue weighted by Crippen LogP contribution is 2.30. The normalized spacial score (nSPS) is 14.5. The third-order valence-electron chi connectivity index (χ3n) is 5.65. The molecule has 8 heteroatoms. The first kappa shape index (κ1) is 24.5. The summed E-state index contributed by atoms with van der Waals surface area (Å²) in [5.74, 6) is 1.39. The topological polar surface area (TPSA) is 75.1 Å². The number of benzene rings is 1. The van der Waals surface area contributed by atoms with Gasteiger partial charge in [0.1, 0.15) is 11.6 Å². The van der Waals surface area contributed by atoms with Crippen LogP contribution in [0.5, 0.6) is 11.5 Å². The minimum atomic E-state index is -0.0769. The molecule has 1 aliphatic heterocycles. The fourth-order valence-corrected chi connectivity index (χ4v) is 4.55. The predicted octanol–water partition coefficient (Wildman–Crippen LogP) is 3.69. The van der Waals surface area contributed by atoms with Gasteiger partial charge in [-0.3, -0.25) is 4.79 Å². The minimum Gasteiger partial charge on any atom is -0.493 e. The monoisotopic (exact) mass is 461 g/mol. The van der Waals surface area contributed by atoms with E-state index in [0.717, 1.165) is 36.8 Å². The highest BCUT2D eigenvalue weighted by Gasteiger charge is 2.20. The molecule has 1 amide bonds. The molecule has 0 radical (unpaired) electrons. The zero-order valence-electron chi connectivity index (χ0n) is 19.4. The van der Waals surface area contributed by atoms with Crippen molar-refractivity contribution in [2.75, 3.05) is 33.3 Å². The van der Waals surface area contributed by atoms with Crippen molar-refractivity contribution < 1.29 is 19.4 Å². The molecule has 176 valence electrons. The van der Waals surface area contributed by atoms with Gasteiger partial charge in [0.15, 0.2) is 11.5 Å². The van der Waals surface area contributed by atoms with Crippen LogP contribution in [0.4, 0.5) is 0 Å². The van der Waals surface area contributed by atoms with E-state index in [9.17, 15) is 9.90 Å². The number of rotatable bonds is 11. The first-order valence-electron chi connectivity index (χ1n) is 11.3. The van der Waals surface area contributed by atoms with Crippen molar-refractivity contribution in [2.24, 2.45) is 5.92 Å². The first-order chi connectivity index (χ1) is 15.5. The summed E-state index contributed by atoms with van der Waals surface area (Å²) < 4.78 is 11.5. The van der Waals surface area contributed by atoms with Crippen molar-refractivity contribution in [3.63, 3.8) is 0 Å². The summed E-state index contributed by atoms with van der Waals surface area (Å²) in [5.41, 5.74) is 1.65. The summed E-state index contributed by atoms with van der Waals surface area (Å²) in [5, 5.41) is 11.8. The molecule has 1 aromatic carbocycles. The van der Waals surface area contributed by atoms with Crippen molar-refractivity contribution in [3.05, 3.63) is 39.8 Å². The van der Waals surface area contributed by atoms with E-state index < -0.39 is 0 Å². The largest absolute Gasteiger partial charge is 0.493 e. The molecule has 2 aromatic rings. The Balaban J connectivity index is 1.68. The average Bonchev–Trinajstić information content (AvgIpc) is 3.28. The molecule has 1 N–H and O–H groups in total. The van der Waals surface area contributed by atoms with Crippen LogP contribution in [0, 0.1) is 5.92 Å². The molecular weight excluding hydrogens is 426 g/mol. The highest BCUT2D eigenvalue weighted by atomic mass is 32.1. The van der Waals surface area contributed by atoms with Gasteiger partial charge in [0.05, 0.1) is 19.4 Å². The van der Waals surface area contributed by atoms with E-state index in [1.165, 1.54) is 30.6 Å². The number of aliphatic hydroxyl groups is 1. The average molecular weight is 462 g/mol. The van der Waals surface area contributed by atoms with Gasteiger partial charge < -0.3 is 24.4 Å². The van der Waals surface area contributed by atoms with Gasteiger partial charge in [0, 0.05) is 30.9 Å². The van der Waals surface area contributed by atoms with Gasteiger partial charge in [0.2, 0.25) is 5.91 Å². The van der Waals surface area contributed by atoms with Crippen molar-refractivity contribution in [1.29, 1.82) is 0 Å². The number of thiazole rings is 1. The van der Waals surface area contributed by atoms with Gasteiger partial charge in [0.25, 0.3) is 0 Å². The Kier molecular flexibility index (Phi) is 9.32. The molecule has 32 heavy (non-hydrogen) atoms. The van der Waals surface area contributed by atoms with Crippen LogP contribution in [-0.4, -0.2) is 59.1 Å². The standard InChI is InChI=1S/C24H35N3O4S/c1-18(2)24(29)27(12-11-26-9-5-4-6-10-26)14-19-7-8-21(30-3)22(13-19)31-16-23-25-20(15-28)17-32-23/h7-8,13,17-18,28H,4-6,9-12,14-16H2,1-3H3. The highest BCUT2D eigenvalue weighted by molar-refractivity contribution is 7.09. The smallest absolute Gasteiger partial charge is 0.225 e. The Morgan fingerprint density at radius 1 is 1.25 bits per heavy atom. The van der Waals surface area contributed by atoms with Crippen molar-refractivity contribution in [2.45, 2.75) is 52.9 Å². The summed E-state index contributed by atoms with van der Waals surface area (Å²) in [6.45, 7) is 8.55. The Hall–Kier alpha value is -2.16. The van der Waals surface area contributed by atoms with Gasteiger partial charge in [-0.15, -0.1) is 11.3 Å². The molecule has 0 spiro atoms. The maximum absolute atomic E-state index is 12.9. The van der Waals surface area contributed by atoms with Crippen molar-refractivity contribution in [3.8, 4) is 11.5 Å². The molecule has 1 aliphatic rings. The third kappa shape index (κ3) is 6.92. The van der Waals surface area contributed by atoms with Crippen LogP contribution >= 0.6 is 11.3 Å². The number of ether oxygens (including phenoxy) is 2. The van der Waals surface area contributed by atoms with E-state index in [1.54, 1.807) is 7.11 Å². The number of piperidine rings is 1. The van der Waals surface area contributed by atoms with E-state index in [0.29, 0.717) is 30.3 Å². The van der Waals surface area contributed by atoms with E-state index in [1.807, 2.05) is 42.3 Å². The van der Waals surface area contributed by atoms with E-state index in [-0.39, 0.29) is 18.4 Å². The Labute approximate surface area is 195 Å². The number of aliphatic hydroxyl groups excluding tert-OH is 1. The van der Waals surface area contributed by atoms with Crippen LogP contribution in [0.15, 0.2) is 23.6 Å². The number of aromatic nitrogens is 1. The molecule has 3 rings (SSSR count). The molecule has 0 saturated carbocycles. The zero-order chi connectivity index (χ0) is 22.9. The second-order valence-corrected chi connectivity index (χ2v) is 9.42. The van der Waals surface area contributed by atoms with Crippen LogP contribution in [0.3, 0.4) is 0 Å². The summed E-state index contributed by atoms with van der Waals surface area (Å²) in [7, 11) is 1.61. The number of hydrogen-bond donors (Lipinski definition) is 1. The number of carbonyl (C=O) groups is 1. The molecule has 1 saturated heterocycles. The van der Waals surface area contributed by atoms with E-state index >= 15 is 0 Å². The van der Waals surface area contributed by atoms with Gasteiger partial charge in [-0.1, -0.05) is 26.3 Å². The van der Waals surface area contributed by atoms with Gasteiger partial charge in [-0.05, 0) is 43.6 Å². The molecule has 0 atom stereocenters. The summed E-state index contributed by atoms with van der Waals surface area (Å²) in [6, 6.07) is 5.82. The maximum atomic E-state index is 12.9. The lowest BCUT2D eigenvalue weighted by molar-refractivity contribution is -0.135. The number of nitrogens with zero attached hydrogens (tertiary/aromatic N) is 3. The van der Waals surface area contributed by atoms with Crippen LogP contribution in [-0.2, 0) is 24.6 Å². The molecule has 1 fully saturated rings. The van der Waals surface area contributed by atoms with Crippen molar-refractivity contribution >= 4 is 17.2 Å². The molecular formula is C24H35N3O4S. The number of hydrogen-bond acceptors (Lipinski definition) is 7. The lowest BCUT2D eigenvalue weighted by Gasteiger charge is -2.31. The van der Waals surface area contributed by atoms with E-state index in [2.05, 4.69) is 9.88 Å². The SMILES string of the molecule is COc1ccc(CN(CCN2CCCCC2)C(=O)C(C)C)cc1OCc1nc(CO)cs1. The van der Waals surface area contributed by atoms with Crippen LogP contribution in [0.1, 0.15) is 49.4 Å². The van der Waals surface area contributed by atoms with Crippen LogP contribution in [0.2, 0.25) is 0 Å². The van der Waals surface area contributed by atoms with Gasteiger partial charge in [-0.2, -0.15) is 0 Å². The lowest BCUT2D eigenvalue weighted by atomic mass is 10.1. The number of likely N-dealkylation sites (tertiary alicyclic amines) is 1. The van der Waals surface area contributed by atoms with Crippen LogP contribution in [0.25, 0.3) is 0 Å². The van der Waals surface area contributed by atoms with Crippen molar-refractivity contribution in [1.82, 2.24) is 14.8 Å². The lowest BCUT2D eigenvalue weighted by Crippen LogP contribution is -2.41. The van der Waals surface area contributed by atoms with E-state index in [4.69, 9.17) is 9.47 Å². The minimum absolute atomic E-state index is 0.0454. The molecule has 0 aliphatic carbocycles. The number of amides is 1. The molecule has 0 unspecified atom stereocenters. The summed E-state index contributed by atoms with van der Waals surface area (Å²) in [4.78, 5) is 21.6. The third-order valence-corrected chi connectivity index (χ3v) is 6.53. The number of methoxy groups -OCH3 is 1. The molecule has 0 bridgehead atoms. The molecule has 2 heterocycles. The number of carbonyl (C=O) groups excluding carboxylic acids is 1. The summed E-state index contributed by atoms with van der Waals surface area (Å²) >= 11 is 1.45. The second-order valence-electron chi connectivity index (χ2n) is 8.48. The van der Waals surface area contributed by atoms with Gasteiger partial charge in [-0.25, -0.2) is 4.98 Å². The molecule has 1 aromatic heterocycles. The van der Waals surface area contributed by atoms with Crippen LogP contribution < -0.4 is 9.47 Å². The Bertz CT molecular complexity index is 865.